The van der Waals surface area contributed by atoms with E-state index in [4.69, 9.17) is 0 Å². The number of unbranched alkanes of at least 4 members (excludes halogenated alkanes) is 1. The molecule has 0 spiro atoms. The van der Waals surface area contributed by atoms with E-state index in [9.17, 15) is 0 Å². The normalized spacial score (nSPS) is 22.6. The van der Waals surface area contributed by atoms with Crippen LogP contribution in [-0.4, -0.2) is 37.1 Å². The number of nitrogens with zero attached hydrogens (tertiary/aromatic N) is 1. The molecule has 0 aliphatic carbocycles. The first-order chi connectivity index (χ1) is 8.03. The van der Waals surface area contributed by atoms with E-state index in [1.807, 2.05) is 0 Å². The Morgan fingerprint density at radius 1 is 1.18 bits per heavy atom. The van der Waals surface area contributed by atoms with Gasteiger partial charge in [-0.05, 0) is 64.2 Å². The predicted octanol–water partition coefficient (Wildman–Crippen LogP) is 3.28. The zero-order valence-electron chi connectivity index (χ0n) is 12.4. The van der Waals surface area contributed by atoms with Gasteiger partial charge in [-0.3, -0.25) is 0 Å². The second kappa shape index (κ2) is 7.38. The SMILES string of the molecule is CCNC(C)CCCCN1CCC(C)(C)CC1. The molecule has 17 heavy (non-hydrogen) atoms. The maximum atomic E-state index is 3.48. The number of nitrogens with one attached hydrogen (secondary N) is 1. The molecule has 1 aliphatic heterocycles. The molecule has 1 aliphatic rings. The first-order valence-corrected chi connectivity index (χ1v) is 7.49. The third-order valence-corrected chi connectivity index (χ3v) is 4.12. The molecule has 1 unspecified atom stereocenters. The molecular weight excluding hydrogens is 208 g/mol. The van der Waals surface area contributed by atoms with Crippen LogP contribution in [-0.2, 0) is 0 Å². The highest BCUT2D eigenvalue weighted by atomic mass is 15.1. The Bertz CT molecular complexity index is 191. The largest absolute Gasteiger partial charge is 0.315 e. The zero-order valence-corrected chi connectivity index (χ0v) is 12.4. The van der Waals surface area contributed by atoms with Crippen molar-refractivity contribution in [1.29, 1.82) is 0 Å². The smallest absolute Gasteiger partial charge is 0.00386 e. The highest BCUT2D eigenvalue weighted by Crippen LogP contribution is 2.29. The van der Waals surface area contributed by atoms with Crippen LogP contribution in [0.5, 0.6) is 0 Å². The van der Waals surface area contributed by atoms with Gasteiger partial charge in [-0.2, -0.15) is 0 Å². The molecule has 1 atom stereocenters. The topological polar surface area (TPSA) is 15.3 Å². The molecule has 0 radical (unpaired) electrons. The number of rotatable bonds is 7. The van der Waals surface area contributed by atoms with Gasteiger partial charge in [0.05, 0.1) is 0 Å². The van der Waals surface area contributed by atoms with Gasteiger partial charge in [-0.15, -0.1) is 0 Å². The van der Waals surface area contributed by atoms with Crippen LogP contribution < -0.4 is 5.32 Å². The van der Waals surface area contributed by atoms with Crippen LogP contribution in [0.4, 0.5) is 0 Å². The Labute approximate surface area is 108 Å². The molecule has 2 heteroatoms. The first-order valence-electron chi connectivity index (χ1n) is 7.49. The molecule has 0 aromatic rings. The average Bonchev–Trinajstić information content (AvgIpc) is 2.27. The minimum atomic E-state index is 0.593. The van der Waals surface area contributed by atoms with Crippen LogP contribution in [0.25, 0.3) is 0 Å². The zero-order chi connectivity index (χ0) is 12.7. The number of hydrogen-bond acceptors (Lipinski definition) is 2. The van der Waals surface area contributed by atoms with E-state index in [0.717, 1.165) is 6.54 Å². The summed E-state index contributed by atoms with van der Waals surface area (Å²) in [6, 6.07) is 0.695. The van der Waals surface area contributed by atoms with E-state index < -0.39 is 0 Å². The van der Waals surface area contributed by atoms with E-state index >= 15 is 0 Å². The van der Waals surface area contributed by atoms with E-state index in [-0.39, 0.29) is 0 Å². The summed E-state index contributed by atoms with van der Waals surface area (Å²) in [6.07, 6.45) is 6.82. The highest BCUT2D eigenvalue weighted by Gasteiger charge is 2.24. The van der Waals surface area contributed by atoms with Crippen LogP contribution in [0.3, 0.4) is 0 Å². The third kappa shape index (κ3) is 6.42. The second-order valence-corrected chi connectivity index (χ2v) is 6.46. The van der Waals surface area contributed by atoms with Crippen LogP contribution in [0, 0.1) is 5.41 Å². The molecule has 0 aromatic carbocycles. The lowest BCUT2D eigenvalue weighted by atomic mass is 9.82. The van der Waals surface area contributed by atoms with Crippen molar-refractivity contribution >= 4 is 0 Å². The summed E-state index contributed by atoms with van der Waals surface area (Å²) in [7, 11) is 0. The Balaban J connectivity index is 2.00. The van der Waals surface area contributed by atoms with Gasteiger partial charge in [-0.25, -0.2) is 0 Å². The van der Waals surface area contributed by atoms with Crippen LogP contribution in [0.1, 0.15) is 59.8 Å². The van der Waals surface area contributed by atoms with Gasteiger partial charge in [0.2, 0.25) is 0 Å². The molecule has 0 aromatic heterocycles. The number of likely N-dealkylation sites (tertiary alicyclic amines) is 1. The van der Waals surface area contributed by atoms with E-state index in [0.29, 0.717) is 11.5 Å². The predicted molar refractivity (Wildman–Crippen MR) is 76.4 cm³/mol. The molecule has 102 valence electrons. The Kier molecular flexibility index (Phi) is 6.50. The maximum Gasteiger partial charge on any atom is 0.00386 e. The Morgan fingerprint density at radius 3 is 2.41 bits per heavy atom. The van der Waals surface area contributed by atoms with Crippen molar-refractivity contribution in [3.05, 3.63) is 0 Å². The molecule has 1 rings (SSSR count). The van der Waals surface area contributed by atoms with Crippen LogP contribution >= 0.6 is 0 Å². The fourth-order valence-corrected chi connectivity index (χ4v) is 2.62. The van der Waals surface area contributed by atoms with Gasteiger partial charge in [0.1, 0.15) is 0 Å². The summed E-state index contributed by atoms with van der Waals surface area (Å²) in [6.45, 7) is 14.3. The minimum Gasteiger partial charge on any atom is -0.315 e. The van der Waals surface area contributed by atoms with Crippen molar-refractivity contribution in [3.8, 4) is 0 Å². The Morgan fingerprint density at radius 2 is 1.82 bits per heavy atom. The summed E-state index contributed by atoms with van der Waals surface area (Å²) in [5.74, 6) is 0. The minimum absolute atomic E-state index is 0.593. The molecule has 1 fully saturated rings. The lowest BCUT2D eigenvalue weighted by molar-refractivity contribution is 0.130. The van der Waals surface area contributed by atoms with Crippen molar-refractivity contribution < 1.29 is 0 Å². The first kappa shape index (κ1) is 15.0. The monoisotopic (exact) mass is 240 g/mol. The van der Waals surface area contributed by atoms with Crippen LogP contribution in [0.15, 0.2) is 0 Å². The number of piperidine rings is 1. The van der Waals surface area contributed by atoms with Crippen molar-refractivity contribution in [2.24, 2.45) is 5.41 Å². The quantitative estimate of drug-likeness (QED) is 0.687. The standard InChI is InChI=1S/C15H32N2/c1-5-16-14(2)8-6-7-11-17-12-9-15(3,4)10-13-17/h14,16H,5-13H2,1-4H3. The average molecular weight is 240 g/mol. The summed E-state index contributed by atoms with van der Waals surface area (Å²) in [4.78, 5) is 2.66. The van der Waals surface area contributed by atoms with Crippen LogP contribution in [0.2, 0.25) is 0 Å². The van der Waals surface area contributed by atoms with Gasteiger partial charge in [-0.1, -0.05) is 27.2 Å². The van der Waals surface area contributed by atoms with Crippen molar-refractivity contribution in [3.63, 3.8) is 0 Å². The molecule has 1 heterocycles. The summed E-state index contributed by atoms with van der Waals surface area (Å²) >= 11 is 0. The number of hydrogen-bond donors (Lipinski definition) is 1. The van der Waals surface area contributed by atoms with E-state index in [2.05, 4.69) is 37.9 Å². The van der Waals surface area contributed by atoms with E-state index in [1.54, 1.807) is 0 Å². The van der Waals surface area contributed by atoms with Gasteiger partial charge in [0.15, 0.2) is 0 Å². The third-order valence-electron chi connectivity index (χ3n) is 4.12. The fraction of sp³-hybridized carbons (Fsp3) is 1.00. The van der Waals surface area contributed by atoms with Gasteiger partial charge in [0.25, 0.3) is 0 Å². The molecule has 0 saturated carbocycles. The lowest BCUT2D eigenvalue weighted by Crippen LogP contribution is -2.37. The molecular formula is C15H32N2. The van der Waals surface area contributed by atoms with Gasteiger partial charge < -0.3 is 10.2 Å². The molecule has 1 N–H and O–H groups in total. The van der Waals surface area contributed by atoms with Crippen molar-refractivity contribution in [2.45, 2.75) is 65.8 Å². The maximum absolute atomic E-state index is 3.48. The van der Waals surface area contributed by atoms with Crippen molar-refractivity contribution in [2.75, 3.05) is 26.2 Å². The van der Waals surface area contributed by atoms with E-state index in [1.165, 1.54) is 51.7 Å². The second-order valence-electron chi connectivity index (χ2n) is 6.46. The molecule has 2 nitrogen and oxygen atoms in total. The Hall–Kier alpha value is -0.0800. The summed E-state index contributed by atoms with van der Waals surface area (Å²) in [5.41, 5.74) is 0.593. The summed E-state index contributed by atoms with van der Waals surface area (Å²) in [5, 5.41) is 3.48. The van der Waals surface area contributed by atoms with Crippen molar-refractivity contribution in [1.82, 2.24) is 10.2 Å². The molecule has 0 amide bonds. The summed E-state index contributed by atoms with van der Waals surface area (Å²) < 4.78 is 0. The molecule has 1 saturated heterocycles. The fourth-order valence-electron chi connectivity index (χ4n) is 2.62. The molecule has 0 bridgehead atoms. The van der Waals surface area contributed by atoms with Gasteiger partial charge >= 0.3 is 0 Å². The lowest BCUT2D eigenvalue weighted by Gasteiger charge is -2.36. The van der Waals surface area contributed by atoms with Gasteiger partial charge in [0, 0.05) is 6.04 Å². The highest BCUT2D eigenvalue weighted by molar-refractivity contribution is 4.78.